The first-order valence-electron chi connectivity index (χ1n) is 11.4. The zero-order valence-electron chi connectivity index (χ0n) is 20.0. The quantitative estimate of drug-likeness (QED) is 0.562. The minimum Gasteiger partial charge on any atom is -0.465 e. The van der Waals surface area contributed by atoms with Gasteiger partial charge in [-0.25, -0.2) is 9.78 Å². The van der Waals surface area contributed by atoms with Crippen molar-refractivity contribution in [1.29, 1.82) is 0 Å². The number of fused-ring (bicyclic) bond motifs is 2. The fourth-order valence-electron chi connectivity index (χ4n) is 4.13. The zero-order valence-corrected chi connectivity index (χ0v) is 20.9. The zero-order chi connectivity index (χ0) is 24.5. The molecule has 3 aromatic rings. The van der Waals surface area contributed by atoms with E-state index in [9.17, 15) is 14.1 Å². The van der Waals surface area contributed by atoms with Gasteiger partial charge in [-0.2, -0.15) is 4.98 Å². The number of carboxylic acid groups (broad SMARTS) is 1. The molecule has 1 aliphatic heterocycles. The predicted octanol–water partition coefficient (Wildman–Crippen LogP) is 4.26. The Labute approximate surface area is 202 Å². The Bertz CT molecular complexity index is 1240. The maximum atomic E-state index is 12.7. The van der Waals surface area contributed by atoms with Crippen LogP contribution in [0.25, 0.3) is 10.9 Å². The monoisotopic (exact) mass is 481 g/mol. The van der Waals surface area contributed by atoms with Crippen molar-refractivity contribution in [1.82, 2.24) is 14.9 Å². The number of carbonyl (C=O) groups is 1. The number of amides is 1. The summed E-state index contributed by atoms with van der Waals surface area (Å²) < 4.78 is 12.7. The summed E-state index contributed by atoms with van der Waals surface area (Å²) in [5, 5.41) is 13.8. The van der Waals surface area contributed by atoms with Crippen molar-refractivity contribution in [3.8, 4) is 0 Å². The first-order chi connectivity index (χ1) is 16.1. The molecule has 2 aromatic carbocycles. The van der Waals surface area contributed by atoms with Crippen molar-refractivity contribution in [2.75, 3.05) is 35.6 Å². The molecule has 0 spiro atoms. The fourth-order valence-corrected chi connectivity index (χ4v) is 5.39. The van der Waals surface area contributed by atoms with Crippen molar-refractivity contribution in [3.05, 3.63) is 53.6 Å². The number of rotatable bonds is 5. The van der Waals surface area contributed by atoms with E-state index in [1.54, 1.807) is 0 Å². The number of hydrogen-bond donors (Lipinski definition) is 2. The second-order valence-corrected chi connectivity index (χ2v) is 11.0. The average Bonchev–Trinajstić information content (AvgIpc) is 2.94. The summed E-state index contributed by atoms with van der Waals surface area (Å²) in [7, 11) is -1.06. The number of nitrogens with zero attached hydrogens (tertiary/aromatic N) is 4. The highest BCUT2D eigenvalue weighted by molar-refractivity contribution is 7.85. The lowest BCUT2D eigenvalue weighted by molar-refractivity contribution is 0.103. The van der Waals surface area contributed by atoms with Crippen LogP contribution in [0.1, 0.15) is 31.9 Å². The van der Waals surface area contributed by atoms with Gasteiger partial charge in [0, 0.05) is 47.8 Å². The number of hydrogen-bond acceptors (Lipinski definition) is 6. The molecule has 0 aliphatic carbocycles. The van der Waals surface area contributed by atoms with Crippen LogP contribution in [0.3, 0.4) is 0 Å². The van der Waals surface area contributed by atoms with E-state index in [2.05, 4.69) is 10.2 Å². The topological polar surface area (TPSA) is 98.7 Å². The fraction of sp³-hybridized carbons (Fsp3) is 0.400. The van der Waals surface area contributed by atoms with E-state index in [-0.39, 0.29) is 0 Å². The number of aryl methyl sites for hydroxylation is 1. The van der Waals surface area contributed by atoms with E-state index in [0.29, 0.717) is 43.7 Å². The Hall–Kier alpha value is -3.20. The number of nitrogens with one attached hydrogen (secondary N) is 1. The number of aromatic nitrogens is 2. The highest BCUT2D eigenvalue weighted by Crippen LogP contribution is 2.28. The van der Waals surface area contributed by atoms with Crippen molar-refractivity contribution in [2.24, 2.45) is 0 Å². The second-order valence-electron chi connectivity index (χ2n) is 9.50. The molecule has 0 saturated heterocycles. The molecule has 8 nitrogen and oxygen atoms in total. The first-order valence-corrected chi connectivity index (χ1v) is 12.7. The van der Waals surface area contributed by atoms with Gasteiger partial charge < -0.3 is 20.2 Å². The van der Waals surface area contributed by atoms with Crippen LogP contribution in [0, 0.1) is 6.92 Å². The Morgan fingerprint density at radius 1 is 1.21 bits per heavy atom. The largest absolute Gasteiger partial charge is 0.465 e. The maximum absolute atomic E-state index is 12.7. The van der Waals surface area contributed by atoms with Gasteiger partial charge in [-0.05, 0) is 51.5 Å². The summed E-state index contributed by atoms with van der Waals surface area (Å²) in [6.45, 7) is 9.54. The molecule has 0 bridgehead atoms. The molecule has 34 heavy (non-hydrogen) atoms. The van der Waals surface area contributed by atoms with Crippen molar-refractivity contribution in [3.63, 3.8) is 0 Å². The van der Waals surface area contributed by atoms with Crippen molar-refractivity contribution < 1.29 is 14.1 Å². The first kappa shape index (κ1) is 23.9. The molecule has 2 heterocycles. The van der Waals surface area contributed by atoms with E-state index in [1.807, 2.05) is 70.2 Å². The minimum absolute atomic E-state index is 0.321. The lowest BCUT2D eigenvalue weighted by Crippen LogP contribution is -2.47. The highest BCUT2D eigenvalue weighted by Gasteiger charge is 2.26. The van der Waals surface area contributed by atoms with E-state index >= 15 is 0 Å². The van der Waals surface area contributed by atoms with Gasteiger partial charge >= 0.3 is 6.09 Å². The van der Waals surface area contributed by atoms with Crippen LogP contribution in [-0.2, 0) is 17.3 Å². The molecule has 1 aromatic heterocycles. The van der Waals surface area contributed by atoms with Crippen LogP contribution in [0.15, 0.2) is 47.4 Å². The average molecular weight is 482 g/mol. The lowest BCUT2D eigenvalue weighted by atomic mass is 10.1. The molecule has 2 N–H and O–H groups in total. The molecule has 1 atom stereocenters. The van der Waals surface area contributed by atoms with Gasteiger partial charge in [0.15, 0.2) is 0 Å². The Morgan fingerprint density at radius 2 is 1.97 bits per heavy atom. The van der Waals surface area contributed by atoms with Gasteiger partial charge in [-0.1, -0.05) is 29.8 Å². The molecule has 4 rings (SSSR count). The SMILES string of the molecule is Cc1ccc2nc(N3CCS(=O)c4ccccc4C3)nc(NCCN(C(=O)O)C(C)(C)C)c2c1. The van der Waals surface area contributed by atoms with Crippen LogP contribution < -0.4 is 10.2 Å². The van der Waals surface area contributed by atoms with E-state index in [1.165, 1.54) is 4.90 Å². The summed E-state index contributed by atoms with van der Waals surface area (Å²) in [5.41, 5.74) is 2.41. The van der Waals surface area contributed by atoms with Crippen LogP contribution >= 0.6 is 0 Å². The smallest absolute Gasteiger partial charge is 0.407 e. The van der Waals surface area contributed by atoms with Crippen LogP contribution in [0.5, 0.6) is 0 Å². The van der Waals surface area contributed by atoms with Crippen molar-refractivity contribution >= 4 is 39.6 Å². The van der Waals surface area contributed by atoms with Gasteiger partial charge in [-0.3, -0.25) is 4.21 Å². The molecule has 9 heteroatoms. The lowest BCUT2D eigenvalue weighted by Gasteiger charge is -2.33. The third kappa shape index (κ3) is 5.14. The van der Waals surface area contributed by atoms with E-state index < -0.39 is 22.4 Å². The summed E-state index contributed by atoms with van der Waals surface area (Å²) in [6.07, 6.45) is -0.949. The van der Waals surface area contributed by atoms with Gasteiger partial charge in [0.05, 0.1) is 16.3 Å². The molecular weight excluding hydrogens is 450 g/mol. The molecule has 0 saturated carbocycles. The third-order valence-electron chi connectivity index (χ3n) is 5.92. The van der Waals surface area contributed by atoms with Crippen LogP contribution in [0.4, 0.5) is 16.6 Å². The normalized spacial score (nSPS) is 16.1. The Balaban J connectivity index is 1.65. The van der Waals surface area contributed by atoms with E-state index in [4.69, 9.17) is 9.97 Å². The standard InChI is InChI=1S/C25H31N5O3S/c1-17-9-10-20-19(15-17)22(26-11-12-30(24(31)32)25(2,3)4)28-23(27-20)29-13-14-34(33)21-8-6-5-7-18(21)16-29/h5-10,15H,11-14,16H2,1-4H3,(H,31,32)(H,26,27,28). The van der Waals surface area contributed by atoms with Gasteiger partial charge in [0.2, 0.25) is 5.95 Å². The van der Waals surface area contributed by atoms with Crippen LogP contribution in [0.2, 0.25) is 0 Å². The van der Waals surface area contributed by atoms with Crippen molar-refractivity contribution in [2.45, 2.75) is 44.7 Å². The minimum atomic E-state index is -1.06. The molecule has 0 radical (unpaired) electrons. The highest BCUT2D eigenvalue weighted by atomic mass is 32.2. The summed E-state index contributed by atoms with van der Waals surface area (Å²) in [4.78, 5) is 25.7. The Kier molecular flexibility index (Phi) is 6.74. The van der Waals surface area contributed by atoms with E-state index in [0.717, 1.165) is 26.9 Å². The molecule has 1 unspecified atom stereocenters. The predicted molar refractivity (Wildman–Crippen MR) is 136 cm³/mol. The maximum Gasteiger partial charge on any atom is 0.407 e. The molecule has 1 aliphatic rings. The number of benzene rings is 2. The summed E-state index contributed by atoms with van der Waals surface area (Å²) in [5.74, 6) is 1.74. The van der Waals surface area contributed by atoms with Crippen LogP contribution in [-0.4, -0.2) is 61.2 Å². The molecule has 0 fully saturated rings. The van der Waals surface area contributed by atoms with Gasteiger partial charge in [0.25, 0.3) is 0 Å². The summed E-state index contributed by atoms with van der Waals surface area (Å²) in [6, 6.07) is 13.8. The van der Waals surface area contributed by atoms with Gasteiger partial charge in [0.1, 0.15) is 5.82 Å². The second kappa shape index (κ2) is 9.58. The number of anilines is 2. The van der Waals surface area contributed by atoms with Gasteiger partial charge in [-0.15, -0.1) is 0 Å². The molecule has 1 amide bonds. The Morgan fingerprint density at radius 3 is 2.71 bits per heavy atom. The molecule has 180 valence electrons. The summed E-state index contributed by atoms with van der Waals surface area (Å²) >= 11 is 0. The molecular formula is C25H31N5O3S. The third-order valence-corrected chi connectivity index (χ3v) is 7.36.